The van der Waals surface area contributed by atoms with Crippen LogP contribution in [0.3, 0.4) is 0 Å². The number of carbonyl (C=O) groups is 2. The molecule has 1 atom stereocenters. The van der Waals surface area contributed by atoms with Gasteiger partial charge in [0.05, 0.1) is 0 Å². The number of hydrogen-bond donors (Lipinski definition) is 1. The first-order valence-electron chi connectivity index (χ1n) is 9.80. The molecule has 1 aromatic rings. The second kappa shape index (κ2) is 8.67. The van der Waals surface area contributed by atoms with Crippen molar-refractivity contribution in [2.75, 3.05) is 33.7 Å². The van der Waals surface area contributed by atoms with E-state index in [0.717, 1.165) is 38.8 Å². The number of benzene rings is 1. The average molecular weight is 357 g/mol. The van der Waals surface area contributed by atoms with Crippen molar-refractivity contribution in [1.29, 1.82) is 0 Å². The summed E-state index contributed by atoms with van der Waals surface area (Å²) in [6, 6.07) is 8.77. The molecule has 1 heterocycles. The predicted molar refractivity (Wildman–Crippen MR) is 103 cm³/mol. The fourth-order valence-corrected chi connectivity index (χ4v) is 4.22. The van der Waals surface area contributed by atoms with E-state index in [2.05, 4.69) is 34.5 Å². The Bertz CT molecular complexity index is 619. The maximum atomic E-state index is 12.3. The van der Waals surface area contributed by atoms with Gasteiger partial charge in [0.2, 0.25) is 11.8 Å². The standard InChI is InChI=1S/C21H31N3O2/c1-23(2)11-12-24-19(7-8-21(24)26)9-10-22-20(25)15-16-13-17-5-3-4-6-18(17)14-16/h3-6,16,19H,7-15H2,1-2H3,(H,22,25)/t19-/m0/s1. The fourth-order valence-electron chi connectivity index (χ4n) is 4.22. The molecule has 1 aliphatic heterocycles. The molecule has 0 unspecified atom stereocenters. The van der Waals surface area contributed by atoms with E-state index in [4.69, 9.17) is 0 Å². The summed E-state index contributed by atoms with van der Waals surface area (Å²) in [7, 11) is 4.05. The number of likely N-dealkylation sites (N-methyl/N-ethyl adjacent to an activating group) is 1. The lowest BCUT2D eigenvalue weighted by Crippen LogP contribution is -2.40. The van der Waals surface area contributed by atoms with Crippen LogP contribution in [0.25, 0.3) is 0 Å². The summed E-state index contributed by atoms with van der Waals surface area (Å²) in [4.78, 5) is 28.4. The van der Waals surface area contributed by atoms with Crippen molar-refractivity contribution < 1.29 is 9.59 Å². The number of carbonyl (C=O) groups excluding carboxylic acids is 2. The molecule has 0 bridgehead atoms. The summed E-state index contributed by atoms with van der Waals surface area (Å²) in [6.45, 7) is 2.33. The van der Waals surface area contributed by atoms with Gasteiger partial charge in [0, 0.05) is 38.5 Å². The third kappa shape index (κ3) is 4.85. The summed E-state index contributed by atoms with van der Waals surface area (Å²) < 4.78 is 0. The van der Waals surface area contributed by atoms with Gasteiger partial charge in [0.1, 0.15) is 0 Å². The Morgan fingerprint density at radius 2 is 1.92 bits per heavy atom. The summed E-state index contributed by atoms with van der Waals surface area (Å²) in [5.74, 6) is 0.830. The molecule has 0 radical (unpaired) electrons. The third-order valence-corrected chi connectivity index (χ3v) is 5.65. The van der Waals surface area contributed by atoms with Crippen molar-refractivity contribution in [1.82, 2.24) is 15.1 Å². The SMILES string of the molecule is CN(C)CCN1C(=O)CC[C@H]1CCNC(=O)CC1Cc2ccccc2C1. The smallest absolute Gasteiger partial charge is 0.222 e. The predicted octanol–water partition coefficient (Wildman–Crippen LogP) is 1.85. The number of fused-ring (bicyclic) bond motifs is 1. The Hall–Kier alpha value is -1.88. The van der Waals surface area contributed by atoms with Gasteiger partial charge in [0.15, 0.2) is 0 Å². The summed E-state index contributed by atoms with van der Waals surface area (Å²) in [5, 5.41) is 3.08. The Morgan fingerprint density at radius 1 is 1.23 bits per heavy atom. The maximum absolute atomic E-state index is 12.3. The van der Waals surface area contributed by atoms with Gasteiger partial charge in [-0.25, -0.2) is 0 Å². The number of likely N-dealkylation sites (tertiary alicyclic amines) is 1. The normalized spacial score (nSPS) is 20.0. The number of amides is 2. The topological polar surface area (TPSA) is 52.6 Å². The summed E-state index contributed by atoms with van der Waals surface area (Å²) in [6.07, 6.45) is 5.04. The van der Waals surface area contributed by atoms with Crippen LogP contribution in [0.5, 0.6) is 0 Å². The van der Waals surface area contributed by atoms with Gasteiger partial charge in [-0.2, -0.15) is 0 Å². The molecule has 1 N–H and O–H groups in total. The molecular formula is C21H31N3O2. The van der Waals surface area contributed by atoms with Gasteiger partial charge in [-0.3, -0.25) is 9.59 Å². The molecule has 2 amide bonds. The van der Waals surface area contributed by atoms with E-state index in [-0.39, 0.29) is 17.9 Å². The monoisotopic (exact) mass is 357 g/mol. The number of nitrogens with zero attached hydrogens (tertiary/aromatic N) is 2. The molecular weight excluding hydrogens is 326 g/mol. The highest BCUT2D eigenvalue weighted by molar-refractivity contribution is 5.79. The van der Waals surface area contributed by atoms with Crippen molar-refractivity contribution >= 4 is 11.8 Å². The second-order valence-electron chi connectivity index (χ2n) is 7.97. The van der Waals surface area contributed by atoms with Crippen molar-refractivity contribution in [2.45, 2.75) is 44.6 Å². The van der Waals surface area contributed by atoms with E-state index >= 15 is 0 Å². The minimum Gasteiger partial charge on any atom is -0.356 e. The van der Waals surface area contributed by atoms with E-state index < -0.39 is 0 Å². The lowest BCUT2D eigenvalue weighted by atomic mass is 10.0. The molecule has 3 rings (SSSR count). The highest BCUT2D eigenvalue weighted by Crippen LogP contribution is 2.28. The van der Waals surface area contributed by atoms with Crippen LogP contribution >= 0.6 is 0 Å². The highest BCUT2D eigenvalue weighted by Gasteiger charge is 2.30. The summed E-state index contributed by atoms with van der Waals surface area (Å²) >= 11 is 0. The molecule has 1 saturated heterocycles. The molecule has 0 spiro atoms. The molecule has 0 aromatic heterocycles. The molecule has 5 heteroatoms. The zero-order valence-electron chi connectivity index (χ0n) is 16.0. The van der Waals surface area contributed by atoms with E-state index in [9.17, 15) is 9.59 Å². The van der Waals surface area contributed by atoms with Gasteiger partial charge in [-0.15, -0.1) is 0 Å². The highest BCUT2D eigenvalue weighted by atomic mass is 16.2. The van der Waals surface area contributed by atoms with Crippen molar-refractivity contribution in [2.24, 2.45) is 5.92 Å². The van der Waals surface area contributed by atoms with Crippen LogP contribution < -0.4 is 5.32 Å². The van der Waals surface area contributed by atoms with Crippen LogP contribution in [0.1, 0.15) is 36.8 Å². The molecule has 2 aliphatic rings. The Kier molecular flexibility index (Phi) is 6.30. The minimum absolute atomic E-state index is 0.145. The first-order chi connectivity index (χ1) is 12.5. The second-order valence-corrected chi connectivity index (χ2v) is 7.97. The Morgan fingerprint density at radius 3 is 2.58 bits per heavy atom. The summed E-state index contributed by atoms with van der Waals surface area (Å²) in [5.41, 5.74) is 2.79. The van der Waals surface area contributed by atoms with Crippen LogP contribution in [-0.4, -0.2) is 61.4 Å². The lowest BCUT2D eigenvalue weighted by Gasteiger charge is -2.26. The maximum Gasteiger partial charge on any atom is 0.222 e. The number of rotatable bonds is 8. The van der Waals surface area contributed by atoms with Crippen LogP contribution in [0.15, 0.2) is 24.3 Å². The molecule has 0 saturated carbocycles. The van der Waals surface area contributed by atoms with E-state index in [1.807, 2.05) is 19.0 Å². The van der Waals surface area contributed by atoms with Crippen molar-refractivity contribution in [3.8, 4) is 0 Å². The first-order valence-corrected chi connectivity index (χ1v) is 9.80. The fraction of sp³-hybridized carbons (Fsp3) is 0.619. The van der Waals surface area contributed by atoms with E-state index in [1.165, 1.54) is 11.1 Å². The van der Waals surface area contributed by atoms with Crippen LogP contribution in [-0.2, 0) is 22.4 Å². The van der Waals surface area contributed by atoms with Crippen molar-refractivity contribution in [3.63, 3.8) is 0 Å². The van der Waals surface area contributed by atoms with Crippen molar-refractivity contribution in [3.05, 3.63) is 35.4 Å². The molecule has 1 aliphatic carbocycles. The molecule has 5 nitrogen and oxygen atoms in total. The molecule has 1 aromatic carbocycles. The zero-order valence-corrected chi connectivity index (χ0v) is 16.0. The Balaban J connectivity index is 1.38. The lowest BCUT2D eigenvalue weighted by molar-refractivity contribution is -0.129. The third-order valence-electron chi connectivity index (χ3n) is 5.65. The van der Waals surface area contributed by atoms with Crippen LogP contribution in [0.2, 0.25) is 0 Å². The van der Waals surface area contributed by atoms with Gasteiger partial charge in [-0.1, -0.05) is 24.3 Å². The molecule has 1 fully saturated rings. The van der Waals surface area contributed by atoms with E-state index in [1.54, 1.807) is 0 Å². The van der Waals surface area contributed by atoms with E-state index in [0.29, 0.717) is 25.3 Å². The van der Waals surface area contributed by atoms with Crippen LogP contribution in [0, 0.1) is 5.92 Å². The molecule has 26 heavy (non-hydrogen) atoms. The molecule has 142 valence electrons. The van der Waals surface area contributed by atoms with Gasteiger partial charge in [-0.05, 0) is 56.8 Å². The largest absolute Gasteiger partial charge is 0.356 e. The Labute approximate surface area is 156 Å². The quantitative estimate of drug-likeness (QED) is 0.773. The van der Waals surface area contributed by atoms with Gasteiger partial charge >= 0.3 is 0 Å². The first kappa shape index (κ1) is 18.9. The van der Waals surface area contributed by atoms with Crippen LogP contribution in [0.4, 0.5) is 0 Å². The number of hydrogen-bond acceptors (Lipinski definition) is 3. The minimum atomic E-state index is 0.145. The number of nitrogens with one attached hydrogen (secondary N) is 1. The van der Waals surface area contributed by atoms with Gasteiger partial charge < -0.3 is 15.1 Å². The average Bonchev–Trinajstić information content (AvgIpc) is 3.15. The van der Waals surface area contributed by atoms with Gasteiger partial charge in [0.25, 0.3) is 0 Å². The zero-order chi connectivity index (χ0) is 18.5.